The number of ketones is 1. The van der Waals surface area contributed by atoms with Crippen molar-refractivity contribution in [3.8, 4) is 11.1 Å². The highest BCUT2D eigenvalue weighted by atomic mass is 35.5. The molecule has 0 spiro atoms. The third-order valence-electron chi connectivity index (χ3n) is 5.99. The predicted molar refractivity (Wildman–Crippen MR) is 106 cm³/mol. The SMILES string of the molecule is CCc1ccc(-c2ccc(Cl)cc2F)cc1C1=C(O)C2CCC(CC2)C1=O. The molecule has 0 unspecified atom stereocenters. The maximum absolute atomic E-state index is 14.4. The van der Waals surface area contributed by atoms with Crippen LogP contribution >= 0.6 is 11.6 Å². The molecule has 0 heterocycles. The average molecular weight is 385 g/mol. The van der Waals surface area contributed by atoms with Crippen molar-refractivity contribution in [2.45, 2.75) is 39.0 Å². The summed E-state index contributed by atoms with van der Waals surface area (Å²) in [5.74, 6) is -0.0904. The molecule has 27 heavy (non-hydrogen) atoms. The van der Waals surface area contributed by atoms with Gasteiger partial charge in [0.15, 0.2) is 5.78 Å². The van der Waals surface area contributed by atoms with Crippen LogP contribution in [0.2, 0.25) is 5.02 Å². The number of carbonyl (C=O) groups is 1. The van der Waals surface area contributed by atoms with Gasteiger partial charge in [0.1, 0.15) is 11.6 Å². The van der Waals surface area contributed by atoms with Crippen molar-refractivity contribution in [1.82, 2.24) is 0 Å². The molecule has 3 aliphatic rings. The van der Waals surface area contributed by atoms with E-state index in [-0.39, 0.29) is 23.4 Å². The summed E-state index contributed by atoms with van der Waals surface area (Å²) in [5.41, 5.74) is 3.30. The molecule has 1 N–H and O–H groups in total. The quantitative estimate of drug-likeness (QED) is 0.667. The van der Waals surface area contributed by atoms with Gasteiger partial charge in [0.25, 0.3) is 0 Å². The molecule has 2 bridgehead atoms. The largest absolute Gasteiger partial charge is 0.511 e. The van der Waals surface area contributed by atoms with E-state index >= 15 is 0 Å². The van der Waals surface area contributed by atoms with Crippen LogP contribution in [0.15, 0.2) is 42.2 Å². The van der Waals surface area contributed by atoms with Crippen molar-refractivity contribution in [2.75, 3.05) is 0 Å². The Labute approximate surface area is 163 Å². The van der Waals surface area contributed by atoms with E-state index in [1.807, 2.05) is 25.1 Å². The van der Waals surface area contributed by atoms with Crippen LogP contribution in [0.25, 0.3) is 16.7 Å². The lowest BCUT2D eigenvalue weighted by atomic mass is 9.82. The second-order valence-corrected chi connectivity index (χ2v) is 7.96. The molecule has 2 nitrogen and oxygen atoms in total. The molecule has 0 aromatic heterocycles. The summed E-state index contributed by atoms with van der Waals surface area (Å²) >= 11 is 5.88. The number of hydrogen-bond donors (Lipinski definition) is 1. The number of benzene rings is 2. The molecule has 1 saturated carbocycles. The number of rotatable bonds is 3. The number of Topliss-reactive ketones (excluding diaryl/α,β-unsaturated/α-hetero) is 1. The molecule has 140 valence electrons. The van der Waals surface area contributed by atoms with Gasteiger partial charge in [-0.1, -0.05) is 30.7 Å². The molecule has 5 rings (SSSR count). The first-order valence-corrected chi connectivity index (χ1v) is 9.93. The van der Waals surface area contributed by atoms with Crippen LogP contribution in [0.4, 0.5) is 4.39 Å². The second-order valence-electron chi connectivity index (χ2n) is 7.52. The summed E-state index contributed by atoms with van der Waals surface area (Å²) in [6, 6.07) is 10.2. The van der Waals surface area contributed by atoms with Crippen molar-refractivity contribution in [1.29, 1.82) is 0 Å². The summed E-state index contributed by atoms with van der Waals surface area (Å²) in [5, 5.41) is 11.2. The van der Waals surface area contributed by atoms with E-state index in [2.05, 4.69) is 0 Å². The van der Waals surface area contributed by atoms with Gasteiger partial charge in [-0.3, -0.25) is 4.79 Å². The molecule has 3 aliphatic carbocycles. The lowest BCUT2D eigenvalue weighted by Crippen LogP contribution is -2.17. The van der Waals surface area contributed by atoms with E-state index in [4.69, 9.17) is 11.6 Å². The molecule has 0 saturated heterocycles. The molecule has 0 atom stereocenters. The predicted octanol–water partition coefficient (Wildman–Crippen LogP) is 6.37. The Balaban J connectivity index is 1.89. The monoisotopic (exact) mass is 384 g/mol. The standard InChI is InChI=1S/C23H22ClFO2/c1-2-13-3-8-16(18-10-9-17(24)12-20(18)25)11-19(13)21-22(26)14-4-5-15(7-6-14)23(21)27/h3,8-12,14-15,26H,2,4-7H2,1H3. The fourth-order valence-corrected chi connectivity index (χ4v) is 4.60. The van der Waals surface area contributed by atoms with Gasteiger partial charge in [-0.2, -0.15) is 0 Å². The van der Waals surface area contributed by atoms with Gasteiger partial charge in [-0.25, -0.2) is 4.39 Å². The summed E-state index contributed by atoms with van der Waals surface area (Å²) in [7, 11) is 0. The van der Waals surface area contributed by atoms with E-state index in [1.165, 1.54) is 6.07 Å². The van der Waals surface area contributed by atoms with Crippen LogP contribution in [-0.4, -0.2) is 10.9 Å². The van der Waals surface area contributed by atoms with Gasteiger partial charge >= 0.3 is 0 Å². The first-order valence-electron chi connectivity index (χ1n) is 9.55. The minimum Gasteiger partial charge on any atom is -0.511 e. The fourth-order valence-electron chi connectivity index (χ4n) is 4.44. The molecule has 0 radical (unpaired) electrons. The minimum atomic E-state index is -0.400. The molecule has 1 fully saturated rings. The smallest absolute Gasteiger partial charge is 0.169 e. The van der Waals surface area contributed by atoms with Crippen LogP contribution in [0.5, 0.6) is 0 Å². The van der Waals surface area contributed by atoms with Gasteiger partial charge in [-0.15, -0.1) is 0 Å². The second kappa shape index (κ2) is 7.12. The van der Waals surface area contributed by atoms with Gasteiger partial charge < -0.3 is 5.11 Å². The number of aliphatic hydroxyl groups is 1. The molecular weight excluding hydrogens is 363 g/mol. The molecular formula is C23H22ClFO2. The summed E-state index contributed by atoms with van der Waals surface area (Å²) < 4.78 is 14.4. The summed E-state index contributed by atoms with van der Waals surface area (Å²) in [6.07, 6.45) is 4.13. The van der Waals surface area contributed by atoms with Crippen LogP contribution < -0.4 is 0 Å². The van der Waals surface area contributed by atoms with E-state index in [0.717, 1.165) is 43.2 Å². The van der Waals surface area contributed by atoms with E-state index in [0.29, 0.717) is 21.7 Å². The zero-order valence-corrected chi connectivity index (χ0v) is 16.0. The van der Waals surface area contributed by atoms with E-state index < -0.39 is 5.82 Å². The van der Waals surface area contributed by atoms with Crippen LogP contribution in [-0.2, 0) is 11.2 Å². The van der Waals surface area contributed by atoms with Crippen LogP contribution in [0, 0.1) is 17.7 Å². The highest BCUT2D eigenvalue weighted by Crippen LogP contribution is 2.44. The Morgan fingerprint density at radius 2 is 1.74 bits per heavy atom. The van der Waals surface area contributed by atoms with Crippen molar-refractivity contribution in [2.24, 2.45) is 11.8 Å². The molecule has 0 aliphatic heterocycles. The first kappa shape index (κ1) is 18.2. The Hall–Kier alpha value is -2.13. The van der Waals surface area contributed by atoms with Crippen molar-refractivity contribution in [3.63, 3.8) is 0 Å². The number of hydrogen-bond acceptors (Lipinski definition) is 2. The van der Waals surface area contributed by atoms with E-state index in [9.17, 15) is 14.3 Å². The molecule has 2 aromatic carbocycles. The zero-order valence-electron chi connectivity index (χ0n) is 15.3. The van der Waals surface area contributed by atoms with Crippen LogP contribution in [0.3, 0.4) is 0 Å². The van der Waals surface area contributed by atoms with Crippen molar-refractivity contribution >= 4 is 23.0 Å². The van der Waals surface area contributed by atoms with E-state index in [1.54, 1.807) is 12.1 Å². The molecule has 4 heteroatoms. The highest BCUT2D eigenvalue weighted by molar-refractivity contribution is 6.30. The zero-order chi connectivity index (χ0) is 19.1. The highest BCUT2D eigenvalue weighted by Gasteiger charge is 2.38. The van der Waals surface area contributed by atoms with Gasteiger partial charge in [0.2, 0.25) is 0 Å². The van der Waals surface area contributed by atoms with Crippen LogP contribution in [0.1, 0.15) is 43.7 Å². The Morgan fingerprint density at radius 3 is 2.41 bits per heavy atom. The average Bonchev–Trinajstić information content (AvgIpc) is 2.86. The number of aryl methyl sites for hydroxylation is 1. The van der Waals surface area contributed by atoms with Gasteiger partial charge in [-0.05, 0) is 73.1 Å². The number of aliphatic hydroxyl groups excluding tert-OH is 1. The topological polar surface area (TPSA) is 37.3 Å². The van der Waals surface area contributed by atoms with Gasteiger partial charge in [0.05, 0.1) is 5.57 Å². The third-order valence-corrected chi connectivity index (χ3v) is 6.22. The Morgan fingerprint density at radius 1 is 1.04 bits per heavy atom. The lowest BCUT2D eigenvalue weighted by molar-refractivity contribution is -0.117. The minimum absolute atomic E-state index is 0.0125. The van der Waals surface area contributed by atoms with Crippen molar-refractivity contribution < 1.29 is 14.3 Å². The first-order chi connectivity index (χ1) is 13.0. The summed E-state index contributed by atoms with van der Waals surface area (Å²) in [4.78, 5) is 13.1. The summed E-state index contributed by atoms with van der Waals surface area (Å²) in [6.45, 7) is 2.02. The third kappa shape index (κ3) is 3.19. The molecule has 0 amide bonds. The number of halogens is 2. The number of fused-ring (bicyclic) bond motifs is 3. The van der Waals surface area contributed by atoms with Crippen molar-refractivity contribution in [3.05, 3.63) is 64.1 Å². The maximum atomic E-state index is 14.4. The Bertz CT molecular complexity index is 939. The lowest BCUT2D eigenvalue weighted by Gasteiger charge is -2.21. The maximum Gasteiger partial charge on any atom is 0.169 e. The number of carbonyl (C=O) groups excluding carboxylic acids is 1. The Kier molecular flexibility index (Phi) is 4.81. The normalized spacial score (nSPS) is 22.3. The number of allylic oxidation sites excluding steroid dienone is 2. The van der Waals surface area contributed by atoms with Gasteiger partial charge in [0, 0.05) is 22.4 Å². The molecule has 2 aromatic rings. The fraction of sp³-hybridized carbons (Fsp3) is 0.348.